The van der Waals surface area contributed by atoms with Crippen LogP contribution in [0.5, 0.6) is 0 Å². The van der Waals surface area contributed by atoms with E-state index in [1.165, 1.54) is 0 Å². The molecule has 9 heteroatoms. The zero-order chi connectivity index (χ0) is 19.4. The number of carbonyl (C=O) groups excluding carboxylic acids is 2. The highest BCUT2D eigenvalue weighted by Crippen LogP contribution is 2.20. The van der Waals surface area contributed by atoms with Gasteiger partial charge in [-0.1, -0.05) is 0 Å². The molecule has 0 spiro atoms. The molecule has 1 amide bonds. The molecule has 0 heterocycles. The van der Waals surface area contributed by atoms with Gasteiger partial charge in [-0.25, -0.2) is 9.18 Å². The number of halogens is 1. The maximum Gasteiger partial charge on any atom is 0.331 e. The van der Waals surface area contributed by atoms with Crippen molar-refractivity contribution in [1.82, 2.24) is 5.32 Å². The second-order valence-electron chi connectivity index (χ2n) is 6.33. The van der Waals surface area contributed by atoms with E-state index < -0.39 is 46.1 Å². The van der Waals surface area contributed by atoms with Gasteiger partial charge < -0.3 is 14.8 Å². The van der Waals surface area contributed by atoms with Crippen molar-refractivity contribution >= 4 is 17.6 Å². The number of amides is 1. The number of ether oxygens (including phenoxy) is 2. The van der Waals surface area contributed by atoms with Crippen LogP contribution in [0.25, 0.3) is 0 Å². The summed E-state index contributed by atoms with van der Waals surface area (Å²) in [5.41, 5.74) is -1.67. The highest BCUT2D eigenvalue weighted by molar-refractivity contribution is 6.00. The van der Waals surface area contributed by atoms with Crippen molar-refractivity contribution in [3.8, 4) is 0 Å². The number of nitro groups is 1. The average molecular weight is 356 g/mol. The number of nitrogens with one attached hydrogen (secondary N) is 1. The molecule has 8 nitrogen and oxygen atoms in total. The molecule has 0 fully saturated rings. The minimum Gasteiger partial charge on any atom is -0.467 e. The number of rotatable bonds is 6. The number of carbonyl (C=O) groups is 2. The van der Waals surface area contributed by atoms with E-state index in [9.17, 15) is 24.1 Å². The molecule has 1 aromatic rings. The zero-order valence-electron chi connectivity index (χ0n) is 14.7. The molecule has 1 N–H and O–H groups in total. The fraction of sp³-hybridized carbons (Fsp3) is 0.500. The Balaban J connectivity index is 3.11. The summed E-state index contributed by atoms with van der Waals surface area (Å²) in [5, 5.41) is 13.4. The van der Waals surface area contributed by atoms with Crippen molar-refractivity contribution in [3.63, 3.8) is 0 Å². The van der Waals surface area contributed by atoms with Crippen LogP contribution in [0.3, 0.4) is 0 Å². The molecular weight excluding hydrogens is 335 g/mol. The predicted octanol–water partition coefficient (Wildman–Crippen LogP) is 2.21. The SMILES string of the molecule is COC(=O)[C@@H](NC(=O)c1ccc(F)cc1[N+](=O)[O-])[C@@H](C)OC(C)(C)C. The van der Waals surface area contributed by atoms with Crippen LogP contribution in [0, 0.1) is 15.9 Å². The van der Waals surface area contributed by atoms with Crippen LogP contribution >= 0.6 is 0 Å². The third-order valence-electron chi connectivity index (χ3n) is 3.15. The summed E-state index contributed by atoms with van der Waals surface area (Å²) in [7, 11) is 1.14. The van der Waals surface area contributed by atoms with Gasteiger partial charge in [-0.15, -0.1) is 0 Å². The molecule has 1 rings (SSSR count). The van der Waals surface area contributed by atoms with Crippen LogP contribution in [0.2, 0.25) is 0 Å². The van der Waals surface area contributed by atoms with Crippen LogP contribution in [0.1, 0.15) is 38.1 Å². The van der Waals surface area contributed by atoms with Gasteiger partial charge in [0, 0.05) is 0 Å². The van der Waals surface area contributed by atoms with Crippen molar-refractivity contribution in [2.24, 2.45) is 0 Å². The molecule has 0 unspecified atom stereocenters. The van der Waals surface area contributed by atoms with Gasteiger partial charge in [0.2, 0.25) is 0 Å². The third kappa shape index (κ3) is 5.79. The topological polar surface area (TPSA) is 108 Å². The molecular formula is C16H21FN2O6. The fourth-order valence-corrected chi connectivity index (χ4v) is 2.19. The van der Waals surface area contributed by atoms with Crippen molar-refractivity contribution in [1.29, 1.82) is 0 Å². The molecule has 0 bridgehead atoms. The molecule has 0 aromatic heterocycles. The van der Waals surface area contributed by atoms with E-state index in [1.807, 2.05) is 0 Å². The molecule has 0 saturated heterocycles. The van der Waals surface area contributed by atoms with Gasteiger partial charge >= 0.3 is 5.97 Å². The molecule has 1 aromatic carbocycles. The number of nitro benzene ring substituents is 1. The van der Waals surface area contributed by atoms with E-state index in [-0.39, 0.29) is 5.56 Å². The lowest BCUT2D eigenvalue weighted by Gasteiger charge is -2.29. The van der Waals surface area contributed by atoms with Crippen LogP contribution in [-0.2, 0) is 14.3 Å². The van der Waals surface area contributed by atoms with E-state index in [0.717, 1.165) is 19.2 Å². The van der Waals surface area contributed by atoms with Crippen LogP contribution in [-0.4, -0.2) is 41.7 Å². The molecule has 2 atom stereocenters. The van der Waals surface area contributed by atoms with Gasteiger partial charge in [0.15, 0.2) is 6.04 Å². The van der Waals surface area contributed by atoms with Gasteiger partial charge in [0.25, 0.3) is 11.6 Å². The first-order valence-corrected chi connectivity index (χ1v) is 7.46. The molecule has 0 aliphatic rings. The van der Waals surface area contributed by atoms with Gasteiger partial charge in [-0.3, -0.25) is 14.9 Å². The molecule has 0 radical (unpaired) electrons. The standard InChI is InChI=1S/C16H21FN2O6/c1-9(25-16(2,3)4)13(15(21)24-5)18-14(20)11-7-6-10(17)8-12(11)19(22)23/h6-9,13H,1-5H3,(H,18,20)/t9-,13+/m1/s1. The van der Waals surface area contributed by atoms with Crippen molar-refractivity contribution in [2.45, 2.75) is 45.4 Å². The zero-order valence-corrected chi connectivity index (χ0v) is 14.7. The summed E-state index contributed by atoms with van der Waals surface area (Å²) in [5.74, 6) is -2.53. The summed E-state index contributed by atoms with van der Waals surface area (Å²) in [4.78, 5) is 34.5. The first-order valence-electron chi connectivity index (χ1n) is 7.46. The van der Waals surface area contributed by atoms with Gasteiger partial charge in [0.05, 0.1) is 29.8 Å². The lowest BCUT2D eigenvalue weighted by molar-refractivity contribution is -0.385. The Morgan fingerprint density at radius 3 is 2.40 bits per heavy atom. The Bertz CT molecular complexity index is 671. The minimum absolute atomic E-state index is 0.372. The summed E-state index contributed by atoms with van der Waals surface area (Å²) in [6.45, 7) is 6.87. The summed E-state index contributed by atoms with van der Waals surface area (Å²) < 4.78 is 23.5. The number of benzene rings is 1. The first-order chi connectivity index (χ1) is 11.5. The van der Waals surface area contributed by atoms with Crippen molar-refractivity contribution in [2.75, 3.05) is 7.11 Å². The molecule has 0 aliphatic heterocycles. The molecule has 25 heavy (non-hydrogen) atoms. The third-order valence-corrected chi connectivity index (χ3v) is 3.15. The largest absolute Gasteiger partial charge is 0.467 e. The van der Waals surface area contributed by atoms with Gasteiger partial charge in [0.1, 0.15) is 11.4 Å². The second kappa shape index (κ2) is 8.02. The van der Waals surface area contributed by atoms with E-state index in [4.69, 9.17) is 4.74 Å². The number of hydrogen-bond donors (Lipinski definition) is 1. The Kier molecular flexibility index (Phi) is 6.57. The molecule has 0 aliphatic carbocycles. The quantitative estimate of drug-likeness (QED) is 0.476. The predicted molar refractivity (Wildman–Crippen MR) is 86.6 cm³/mol. The van der Waals surface area contributed by atoms with E-state index in [0.29, 0.717) is 6.07 Å². The fourth-order valence-electron chi connectivity index (χ4n) is 2.19. The van der Waals surface area contributed by atoms with Crippen LogP contribution < -0.4 is 5.32 Å². The second-order valence-corrected chi connectivity index (χ2v) is 6.33. The molecule has 0 saturated carbocycles. The average Bonchev–Trinajstić information content (AvgIpc) is 2.49. The Labute approximate surface area is 144 Å². The van der Waals surface area contributed by atoms with E-state index in [2.05, 4.69) is 10.1 Å². The van der Waals surface area contributed by atoms with Crippen molar-refractivity contribution in [3.05, 3.63) is 39.7 Å². The summed E-state index contributed by atoms with van der Waals surface area (Å²) in [6, 6.07) is 1.34. The van der Waals surface area contributed by atoms with E-state index >= 15 is 0 Å². The van der Waals surface area contributed by atoms with Gasteiger partial charge in [-0.2, -0.15) is 0 Å². The van der Waals surface area contributed by atoms with E-state index in [1.54, 1.807) is 27.7 Å². The summed E-state index contributed by atoms with van der Waals surface area (Å²) >= 11 is 0. The number of hydrogen-bond acceptors (Lipinski definition) is 6. The molecule has 138 valence electrons. The van der Waals surface area contributed by atoms with Gasteiger partial charge in [-0.05, 0) is 39.8 Å². The highest BCUT2D eigenvalue weighted by Gasteiger charge is 2.33. The van der Waals surface area contributed by atoms with Crippen molar-refractivity contribution < 1.29 is 28.4 Å². The number of esters is 1. The number of methoxy groups -OCH3 is 1. The Morgan fingerprint density at radius 2 is 1.92 bits per heavy atom. The normalized spacial score (nSPS) is 13.7. The van der Waals surface area contributed by atoms with Crippen LogP contribution in [0.15, 0.2) is 18.2 Å². The Hall–Kier alpha value is -2.55. The number of nitrogens with zero attached hydrogens (tertiary/aromatic N) is 1. The maximum absolute atomic E-state index is 13.2. The lowest BCUT2D eigenvalue weighted by atomic mass is 10.1. The maximum atomic E-state index is 13.2. The monoisotopic (exact) mass is 356 g/mol. The smallest absolute Gasteiger partial charge is 0.331 e. The lowest BCUT2D eigenvalue weighted by Crippen LogP contribution is -2.51. The minimum atomic E-state index is -1.19. The first kappa shape index (κ1) is 20.5. The Morgan fingerprint density at radius 1 is 1.32 bits per heavy atom. The summed E-state index contributed by atoms with van der Waals surface area (Å²) in [6.07, 6.45) is -0.768. The highest BCUT2D eigenvalue weighted by atomic mass is 19.1. The van der Waals surface area contributed by atoms with Crippen LogP contribution in [0.4, 0.5) is 10.1 Å².